The Morgan fingerprint density at radius 1 is 1.53 bits per heavy atom. The van der Waals surface area contributed by atoms with Gasteiger partial charge in [-0.05, 0) is 24.6 Å². The lowest BCUT2D eigenvalue weighted by Crippen LogP contribution is -2.43. The quantitative estimate of drug-likeness (QED) is 0.818. The Kier molecular flexibility index (Phi) is 5.30. The first-order chi connectivity index (χ1) is 8.79. The van der Waals surface area contributed by atoms with Crippen LogP contribution in [0.1, 0.15) is 5.56 Å². The van der Waals surface area contributed by atoms with Crippen LogP contribution in [0.5, 0.6) is 0 Å². The lowest BCUT2D eigenvalue weighted by atomic mass is 10.2. The summed E-state index contributed by atoms with van der Waals surface area (Å²) in [6.07, 6.45) is 0. The fraction of sp³-hybridized carbons (Fsp3) is 0.364. The second-order valence-corrected chi connectivity index (χ2v) is 5.92. The molecule has 0 radical (unpaired) electrons. The Morgan fingerprint density at radius 3 is 2.68 bits per heavy atom. The van der Waals surface area contributed by atoms with Crippen LogP contribution in [0.3, 0.4) is 0 Å². The van der Waals surface area contributed by atoms with E-state index in [1.54, 1.807) is 13.0 Å². The van der Waals surface area contributed by atoms with Crippen LogP contribution in [0.2, 0.25) is 5.02 Å². The monoisotopic (exact) mass is 307 g/mol. The Labute approximate surface area is 116 Å². The number of carboxylic acids is 1. The summed E-state index contributed by atoms with van der Waals surface area (Å²) < 4.78 is 30.9. The number of sulfonamides is 1. The van der Waals surface area contributed by atoms with Gasteiger partial charge in [0.25, 0.3) is 0 Å². The number of halogens is 1. The minimum Gasteiger partial charge on any atom is -0.480 e. The SMILES string of the molecule is COCC(NS(=O)(=O)c1cccc(Cl)c1C)C(=O)O. The third-order valence-corrected chi connectivity index (χ3v) is 4.46. The van der Waals surface area contributed by atoms with E-state index in [4.69, 9.17) is 16.7 Å². The van der Waals surface area contributed by atoms with Gasteiger partial charge in [0.05, 0.1) is 11.5 Å². The zero-order valence-corrected chi connectivity index (χ0v) is 12.0. The molecule has 0 aliphatic rings. The van der Waals surface area contributed by atoms with Crippen molar-refractivity contribution in [2.75, 3.05) is 13.7 Å². The summed E-state index contributed by atoms with van der Waals surface area (Å²) in [7, 11) is -2.69. The van der Waals surface area contributed by atoms with E-state index in [1.165, 1.54) is 19.2 Å². The Hall–Kier alpha value is -1.15. The number of rotatable bonds is 6. The topological polar surface area (TPSA) is 92.7 Å². The number of ether oxygens (including phenoxy) is 1. The van der Waals surface area contributed by atoms with Crippen LogP contribution in [0.15, 0.2) is 23.1 Å². The summed E-state index contributed by atoms with van der Waals surface area (Å²) >= 11 is 5.85. The number of aliphatic carboxylic acids is 1. The highest BCUT2D eigenvalue weighted by Crippen LogP contribution is 2.22. The molecular weight excluding hydrogens is 294 g/mol. The predicted octanol–water partition coefficient (Wildman–Crippen LogP) is 1.03. The first-order valence-corrected chi connectivity index (χ1v) is 7.15. The largest absolute Gasteiger partial charge is 0.480 e. The summed E-state index contributed by atoms with van der Waals surface area (Å²) in [5.41, 5.74) is 0.359. The molecule has 0 aliphatic carbocycles. The van der Waals surface area contributed by atoms with Gasteiger partial charge in [-0.2, -0.15) is 4.72 Å². The molecule has 0 saturated heterocycles. The van der Waals surface area contributed by atoms with Gasteiger partial charge < -0.3 is 9.84 Å². The maximum atomic E-state index is 12.1. The first-order valence-electron chi connectivity index (χ1n) is 5.28. The van der Waals surface area contributed by atoms with Crippen LogP contribution in [0.25, 0.3) is 0 Å². The first kappa shape index (κ1) is 15.9. The van der Waals surface area contributed by atoms with E-state index < -0.39 is 22.0 Å². The van der Waals surface area contributed by atoms with E-state index in [1.807, 2.05) is 0 Å². The second-order valence-electron chi connectivity index (χ2n) is 3.83. The molecule has 106 valence electrons. The standard InChI is InChI=1S/C11H14ClNO5S/c1-7-8(12)4-3-5-10(7)19(16,17)13-9(6-18-2)11(14)15/h3-5,9,13H,6H2,1-2H3,(H,14,15). The normalized spacial score (nSPS) is 13.2. The van der Waals surface area contributed by atoms with Gasteiger partial charge in [-0.1, -0.05) is 17.7 Å². The molecule has 0 bridgehead atoms. The summed E-state index contributed by atoms with van der Waals surface area (Å²) in [4.78, 5) is 10.9. The van der Waals surface area contributed by atoms with Crippen molar-refractivity contribution in [3.63, 3.8) is 0 Å². The van der Waals surface area contributed by atoms with E-state index in [2.05, 4.69) is 9.46 Å². The summed E-state index contributed by atoms with van der Waals surface area (Å²) in [6, 6.07) is 3.04. The average Bonchev–Trinajstić information content (AvgIpc) is 2.31. The minimum atomic E-state index is -3.98. The van der Waals surface area contributed by atoms with Gasteiger partial charge in [0.1, 0.15) is 6.04 Å². The molecule has 0 aliphatic heterocycles. The number of hydrogen-bond donors (Lipinski definition) is 2. The number of carboxylic acid groups (broad SMARTS) is 1. The highest BCUT2D eigenvalue weighted by molar-refractivity contribution is 7.89. The van der Waals surface area contributed by atoms with Gasteiger partial charge >= 0.3 is 5.97 Å². The van der Waals surface area contributed by atoms with Crippen molar-refractivity contribution in [3.05, 3.63) is 28.8 Å². The number of carbonyl (C=O) groups is 1. The Balaban J connectivity index is 3.10. The van der Waals surface area contributed by atoms with Crippen molar-refractivity contribution in [2.24, 2.45) is 0 Å². The third-order valence-electron chi connectivity index (χ3n) is 2.44. The van der Waals surface area contributed by atoms with Crippen LogP contribution in [-0.2, 0) is 19.6 Å². The number of hydrogen-bond acceptors (Lipinski definition) is 4. The van der Waals surface area contributed by atoms with Crippen LogP contribution in [-0.4, -0.2) is 39.3 Å². The van der Waals surface area contributed by atoms with Crippen molar-refractivity contribution in [3.8, 4) is 0 Å². The zero-order valence-electron chi connectivity index (χ0n) is 10.4. The lowest BCUT2D eigenvalue weighted by Gasteiger charge is -2.15. The molecule has 0 aromatic heterocycles. The summed E-state index contributed by atoms with van der Waals surface area (Å²) in [6.45, 7) is 1.27. The van der Waals surface area contributed by atoms with Crippen molar-refractivity contribution in [1.82, 2.24) is 4.72 Å². The van der Waals surface area contributed by atoms with Crippen molar-refractivity contribution >= 4 is 27.6 Å². The number of nitrogens with one attached hydrogen (secondary N) is 1. The molecule has 1 aromatic carbocycles. The van der Waals surface area contributed by atoms with Gasteiger partial charge in [0.2, 0.25) is 10.0 Å². The molecule has 19 heavy (non-hydrogen) atoms. The van der Waals surface area contributed by atoms with Crippen LogP contribution < -0.4 is 4.72 Å². The van der Waals surface area contributed by atoms with Gasteiger partial charge in [-0.3, -0.25) is 4.79 Å². The number of benzene rings is 1. The number of methoxy groups -OCH3 is 1. The highest BCUT2D eigenvalue weighted by Gasteiger charge is 2.26. The highest BCUT2D eigenvalue weighted by atomic mass is 35.5. The van der Waals surface area contributed by atoms with Crippen LogP contribution in [0, 0.1) is 6.92 Å². The summed E-state index contributed by atoms with van der Waals surface area (Å²) in [5, 5.41) is 9.20. The van der Waals surface area contributed by atoms with Crippen molar-refractivity contribution in [1.29, 1.82) is 0 Å². The van der Waals surface area contributed by atoms with Crippen LogP contribution in [0.4, 0.5) is 0 Å². The van der Waals surface area contributed by atoms with E-state index in [0.717, 1.165) is 0 Å². The molecule has 6 nitrogen and oxygen atoms in total. The molecule has 1 unspecified atom stereocenters. The summed E-state index contributed by atoms with van der Waals surface area (Å²) in [5.74, 6) is -1.31. The maximum absolute atomic E-state index is 12.1. The van der Waals surface area contributed by atoms with Gasteiger partial charge in [0.15, 0.2) is 0 Å². The Bertz CT molecular complexity index is 572. The molecule has 1 aromatic rings. The average molecular weight is 308 g/mol. The predicted molar refractivity (Wildman–Crippen MR) is 69.8 cm³/mol. The molecule has 1 rings (SSSR count). The molecule has 1 atom stereocenters. The zero-order chi connectivity index (χ0) is 14.6. The smallest absolute Gasteiger partial charge is 0.324 e. The van der Waals surface area contributed by atoms with E-state index >= 15 is 0 Å². The molecule has 0 fully saturated rings. The van der Waals surface area contributed by atoms with Crippen molar-refractivity contribution in [2.45, 2.75) is 17.9 Å². The van der Waals surface area contributed by atoms with E-state index in [-0.39, 0.29) is 11.5 Å². The van der Waals surface area contributed by atoms with Gasteiger partial charge in [-0.25, -0.2) is 8.42 Å². The molecule has 0 saturated carbocycles. The molecule has 0 spiro atoms. The van der Waals surface area contributed by atoms with E-state index in [0.29, 0.717) is 10.6 Å². The van der Waals surface area contributed by atoms with E-state index in [9.17, 15) is 13.2 Å². The fourth-order valence-electron chi connectivity index (χ4n) is 1.45. The molecule has 0 amide bonds. The van der Waals surface area contributed by atoms with Crippen LogP contribution >= 0.6 is 11.6 Å². The molecule has 8 heteroatoms. The van der Waals surface area contributed by atoms with Gasteiger partial charge in [0, 0.05) is 12.1 Å². The molecule has 0 heterocycles. The fourth-order valence-corrected chi connectivity index (χ4v) is 3.12. The molecular formula is C11H14ClNO5S. The molecule has 2 N–H and O–H groups in total. The van der Waals surface area contributed by atoms with Crippen molar-refractivity contribution < 1.29 is 23.1 Å². The third kappa shape index (κ3) is 3.90. The lowest BCUT2D eigenvalue weighted by molar-refractivity contribution is -0.140. The Morgan fingerprint density at radius 2 is 2.16 bits per heavy atom. The minimum absolute atomic E-state index is 0.0534. The second kappa shape index (κ2) is 6.33. The maximum Gasteiger partial charge on any atom is 0.324 e. The van der Waals surface area contributed by atoms with Gasteiger partial charge in [-0.15, -0.1) is 0 Å².